The Bertz CT molecular complexity index is 643. The van der Waals surface area contributed by atoms with Crippen molar-refractivity contribution in [1.82, 2.24) is 4.31 Å². The van der Waals surface area contributed by atoms with E-state index in [0.29, 0.717) is 29.4 Å². The quantitative estimate of drug-likeness (QED) is 0.776. The second kappa shape index (κ2) is 5.52. The van der Waals surface area contributed by atoms with Crippen LogP contribution >= 0.6 is 15.9 Å². The van der Waals surface area contributed by atoms with Gasteiger partial charge in [0.1, 0.15) is 10.7 Å². The Morgan fingerprint density at radius 1 is 1.19 bits per heavy atom. The Labute approximate surface area is 132 Å². The molecular weight excluding hydrogens is 359 g/mol. The Balaban J connectivity index is 1.93. The van der Waals surface area contributed by atoms with E-state index in [1.54, 1.807) is 0 Å². The van der Waals surface area contributed by atoms with Gasteiger partial charge in [-0.2, -0.15) is 4.31 Å². The van der Waals surface area contributed by atoms with E-state index < -0.39 is 15.8 Å². The summed E-state index contributed by atoms with van der Waals surface area (Å²) < 4.78 is 41.4. The lowest BCUT2D eigenvalue weighted by atomic mass is 10.3. The van der Waals surface area contributed by atoms with Gasteiger partial charge in [0.15, 0.2) is 0 Å². The van der Waals surface area contributed by atoms with Gasteiger partial charge in [-0.3, -0.25) is 0 Å². The van der Waals surface area contributed by atoms with Gasteiger partial charge in [0.25, 0.3) is 0 Å². The maximum Gasteiger partial charge on any atom is 0.246 e. The zero-order chi connectivity index (χ0) is 15.2. The van der Waals surface area contributed by atoms with Crippen molar-refractivity contribution in [2.24, 2.45) is 11.8 Å². The molecule has 0 saturated heterocycles. The fraction of sp³-hybridized carbons (Fsp3) is 0.571. The van der Waals surface area contributed by atoms with E-state index in [1.165, 1.54) is 10.4 Å². The molecule has 0 unspecified atom stereocenters. The van der Waals surface area contributed by atoms with Gasteiger partial charge < -0.3 is 5.73 Å². The van der Waals surface area contributed by atoms with Crippen LogP contribution in [0.15, 0.2) is 21.5 Å². The molecule has 0 bridgehead atoms. The van der Waals surface area contributed by atoms with E-state index in [-0.39, 0.29) is 10.6 Å². The molecule has 116 valence electrons. The van der Waals surface area contributed by atoms with Crippen molar-refractivity contribution in [3.63, 3.8) is 0 Å². The molecule has 0 spiro atoms. The molecule has 0 heterocycles. The molecule has 2 aliphatic carbocycles. The highest BCUT2D eigenvalue weighted by Crippen LogP contribution is 2.37. The summed E-state index contributed by atoms with van der Waals surface area (Å²) in [5, 5.41) is 0. The van der Waals surface area contributed by atoms with Crippen LogP contribution in [0.4, 0.5) is 10.1 Å². The minimum Gasteiger partial charge on any atom is -0.398 e. The van der Waals surface area contributed by atoms with Crippen molar-refractivity contribution >= 4 is 31.6 Å². The minimum absolute atomic E-state index is 0.229. The van der Waals surface area contributed by atoms with Crippen LogP contribution in [0.5, 0.6) is 0 Å². The summed E-state index contributed by atoms with van der Waals surface area (Å²) in [6, 6.07) is 2.33. The van der Waals surface area contributed by atoms with Crippen LogP contribution in [0.1, 0.15) is 25.7 Å². The molecular formula is C14H18BrFN2O2S. The Morgan fingerprint density at radius 3 is 2.19 bits per heavy atom. The molecule has 0 aliphatic heterocycles. The zero-order valence-corrected chi connectivity index (χ0v) is 14.0. The summed E-state index contributed by atoms with van der Waals surface area (Å²) in [5.74, 6) is 0.0939. The fourth-order valence-electron chi connectivity index (χ4n) is 2.33. The highest BCUT2D eigenvalue weighted by atomic mass is 79.9. The summed E-state index contributed by atoms with van der Waals surface area (Å²) in [6.45, 7) is 0.989. The third kappa shape index (κ3) is 3.40. The number of rotatable bonds is 6. The summed E-state index contributed by atoms with van der Waals surface area (Å²) in [5.41, 5.74) is 5.95. The molecule has 2 saturated carbocycles. The summed E-state index contributed by atoms with van der Waals surface area (Å²) >= 11 is 3.11. The number of hydrogen-bond acceptors (Lipinski definition) is 3. The predicted octanol–water partition coefficient (Wildman–Crippen LogP) is 2.98. The molecule has 2 fully saturated rings. The number of benzene rings is 1. The molecule has 0 aromatic heterocycles. The van der Waals surface area contributed by atoms with Gasteiger partial charge in [0.05, 0.1) is 0 Å². The van der Waals surface area contributed by atoms with Crippen molar-refractivity contribution in [2.75, 3.05) is 18.8 Å². The summed E-state index contributed by atoms with van der Waals surface area (Å²) in [7, 11) is -3.82. The van der Waals surface area contributed by atoms with E-state index in [1.807, 2.05) is 0 Å². The average Bonchev–Trinajstić information content (AvgIpc) is 3.27. The first-order chi connectivity index (χ1) is 9.88. The van der Waals surface area contributed by atoms with Crippen LogP contribution in [0.2, 0.25) is 0 Å². The first-order valence-corrected chi connectivity index (χ1v) is 9.36. The van der Waals surface area contributed by atoms with Crippen molar-refractivity contribution in [1.29, 1.82) is 0 Å². The molecule has 2 aliphatic rings. The lowest BCUT2D eigenvalue weighted by Crippen LogP contribution is -2.35. The minimum atomic E-state index is -3.82. The average molecular weight is 377 g/mol. The van der Waals surface area contributed by atoms with Crippen molar-refractivity contribution in [3.8, 4) is 0 Å². The molecule has 7 heteroatoms. The lowest BCUT2D eigenvalue weighted by Gasteiger charge is -2.22. The van der Waals surface area contributed by atoms with Crippen LogP contribution in [0, 0.1) is 17.7 Å². The molecule has 21 heavy (non-hydrogen) atoms. The smallest absolute Gasteiger partial charge is 0.246 e. The van der Waals surface area contributed by atoms with Gasteiger partial charge in [-0.15, -0.1) is 0 Å². The van der Waals surface area contributed by atoms with E-state index in [9.17, 15) is 12.8 Å². The first kappa shape index (κ1) is 15.2. The standard InChI is InChI=1S/C14H18BrFN2O2S/c15-11-5-12(16)14(6-13(11)17)21(19,20)18(7-9-1-2-9)8-10-3-4-10/h5-6,9-10H,1-4,7-8,17H2. The number of anilines is 1. The molecule has 2 N–H and O–H groups in total. The SMILES string of the molecule is Nc1cc(S(=O)(=O)N(CC2CC2)CC2CC2)c(F)cc1Br. The highest BCUT2D eigenvalue weighted by molar-refractivity contribution is 9.10. The highest BCUT2D eigenvalue weighted by Gasteiger charge is 2.37. The number of halogens is 2. The van der Waals surface area contributed by atoms with Gasteiger partial charge in [-0.1, -0.05) is 0 Å². The number of nitrogens with zero attached hydrogens (tertiary/aromatic N) is 1. The third-order valence-corrected chi connectivity index (χ3v) is 6.52. The normalized spacial score (nSPS) is 19.2. The van der Waals surface area contributed by atoms with Crippen molar-refractivity contribution < 1.29 is 12.8 Å². The van der Waals surface area contributed by atoms with Gasteiger partial charge >= 0.3 is 0 Å². The molecule has 0 amide bonds. The zero-order valence-electron chi connectivity index (χ0n) is 11.6. The summed E-state index contributed by atoms with van der Waals surface area (Å²) in [6.07, 6.45) is 4.23. The monoisotopic (exact) mass is 376 g/mol. The largest absolute Gasteiger partial charge is 0.398 e. The second-order valence-electron chi connectivity index (χ2n) is 6.01. The second-order valence-corrected chi connectivity index (χ2v) is 8.77. The van der Waals surface area contributed by atoms with E-state index >= 15 is 0 Å². The van der Waals surface area contributed by atoms with Crippen LogP contribution in [-0.2, 0) is 10.0 Å². The predicted molar refractivity (Wildman–Crippen MR) is 82.7 cm³/mol. The van der Waals surface area contributed by atoms with E-state index in [2.05, 4.69) is 15.9 Å². The number of sulfonamides is 1. The molecule has 1 aromatic rings. The topological polar surface area (TPSA) is 63.4 Å². The van der Waals surface area contributed by atoms with Crippen molar-refractivity contribution in [2.45, 2.75) is 30.6 Å². The van der Waals surface area contributed by atoms with Crippen LogP contribution < -0.4 is 5.73 Å². The number of nitrogen functional groups attached to an aromatic ring is 1. The maximum atomic E-state index is 14.1. The number of nitrogens with two attached hydrogens (primary N) is 1. The molecule has 0 atom stereocenters. The fourth-order valence-corrected chi connectivity index (χ4v) is 4.32. The molecule has 3 rings (SSSR count). The molecule has 4 nitrogen and oxygen atoms in total. The third-order valence-electron chi connectivity index (χ3n) is 3.99. The molecule has 1 aromatic carbocycles. The van der Waals surface area contributed by atoms with Crippen LogP contribution in [0.25, 0.3) is 0 Å². The van der Waals surface area contributed by atoms with E-state index in [0.717, 1.165) is 31.7 Å². The van der Waals surface area contributed by atoms with E-state index in [4.69, 9.17) is 5.73 Å². The molecule has 0 radical (unpaired) electrons. The van der Waals surface area contributed by atoms with Gasteiger partial charge in [0, 0.05) is 23.2 Å². The Hall–Kier alpha value is -0.660. The lowest BCUT2D eigenvalue weighted by molar-refractivity contribution is 0.379. The summed E-state index contributed by atoms with van der Waals surface area (Å²) in [4.78, 5) is -0.315. The Morgan fingerprint density at radius 2 is 1.71 bits per heavy atom. The van der Waals surface area contributed by atoms with Gasteiger partial charge in [0.2, 0.25) is 10.0 Å². The van der Waals surface area contributed by atoms with Crippen molar-refractivity contribution in [3.05, 3.63) is 22.4 Å². The van der Waals surface area contributed by atoms with Crippen LogP contribution in [-0.4, -0.2) is 25.8 Å². The Kier molecular flexibility index (Phi) is 4.00. The van der Waals surface area contributed by atoms with Gasteiger partial charge in [-0.05, 0) is 65.6 Å². The maximum absolute atomic E-state index is 14.1. The number of hydrogen-bond donors (Lipinski definition) is 1. The van der Waals surface area contributed by atoms with Crippen LogP contribution in [0.3, 0.4) is 0 Å². The van der Waals surface area contributed by atoms with Gasteiger partial charge in [-0.25, -0.2) is 12.8 Å². The first-order valence-electron chi connectivity index (χ1n) is 7.12.